The summed E-state index contributed by atoms with van der Waals surface area (Å²) in [5, 5.41) is 3.31. The first-order chi connectivity index (χ1) is 7.79. The Kier molecular flexibility index (Phi) is 4.15. The summed E-state index contributed by atoms with van der Waals surface area (Å²) in [6.07, 6.45) is 2.19. The van der Waals surface area contributed by atoms with Crippen molar-refractivity contribution in [2.75, 3.05) is 26.8 Å². The molecule has 0 radical (unpaired) electrons. The number of ether oxygens (including phenoxy) is 3. The minimum atomic E-state index is -0.237. The van der Waals surface area contributed by atoms with E-state index in [1.807, 2.05) is 0 Å². The van der Waals surface area contributed by atoms with Crippen molar-refractivity contribution in [3.63, 3.8) is 0 Å². The molecule has 2 rings (SSSR count). The first kappa shape index (κ1) is 11.8. The molecule has 0 aromatic heterocycles. The van der Waals surface area contributed by atoms with Gasteiger partial charge in [0, 0.05) is 5.92 Å². The molecule has 2 unspecified atom stereocenters. The van der Waals surface area contributed by atoms with Crippen molar-refractivity contribution < 1.29 is 19.0 Å². The average Bonchev–Trinajstić information content (AvgIpc) is 2.78. The van der Waals surface area contributed by atoms with Crippen molar-refractivity contribution >= 4 is 5.97 Å². The molecule has 0 aliphatic carbocycles. The maximum absolute atomic E-state index is 11.1. The van der Waals surface area contributed by atoms with Crippen LogP contribution >= 0.6 is 0 Å². The van der Waals surface area contributed by atoms with E-state index < -0.39 is 0 Å². The number of carbonyl (C=O) groups is 1. The van der Waals surface area contributed by atoms with E-state index in [1.165, 1.54) is 7.11 Å². The highest BCUT2D eigenvalue weighted by Gasteiger charge is 2.34. The van der Waals surface area contributed by atoms with Crippen molar-refractivity contribution in [3.8, 4) is 0 Å². The van der Waals surface area contributed by atoms with Gasteiger partial charge >= 0.3 is 5.97 Å². The number of nitrogens with one attached hydrogen (secondary N) is 1. The molecule has 0 spiro atoms. The fourth-order valence-corrected chi connectivity index (χ4v) is 2.21. The number of rotatable bonds is 3. The van der Waals surface area contributed by atoms with E-state index in [2.05, 4.69) is 10.1 Å². The lowest BCUT2D eigenvalue weighted by Gasteiger charge is -2.26. The van der Waals surface area contributed by atoms with Crippen LogP contribution in [0.2, 0.25) is 0 Å². The smallest absolute Gasteiger partial charge is 0.308 e. The normalized spacial score (nSPS) is 31.6. The van der Waals surface area contributed by atoms with Gasteiger partial charge < -0.3 is 19.5 Å². The van der Waals surface area contributed by atoms with Crippen LogP contribution in [0.25, 0.3) is 0 Å². The van der Waals surface area contributed by atoms with Gasteiger partial charge in [-0.1, -0.05) is 0 Å². The molecular weight excluding hydrogens is 210 g/mol. The highest BCUT2D eigenvalue weighted by atomic mass is 16.7. The molecule has 0 aromatic rings. The number of methoxy groups -OCH3 is 1. The van der Waals surface area contributed by atoms with Crippen LogP contribution in [0, 0.1) is 5.92 Å². The van der Waals surface area contributed by atoms with Crippen LogP contribution in [-0.4, -0.2) is 45.2 Å². The van der Waals surface area contributed by atoms with Crippen molar-refractivity contribution in [2.45, 2.75) is 31.7 Å². The Morgan fingerprint density at radius 2 is 2.19 bits per heavy atom. The van der Waals surface area contributed by atoms with Gasteiger partial charge in [0.05, 0.1) is 26.2 Å². The number of esters is 1. The molecule has 5 nitrogen and oxygen atoms in total. The second kappa shape index (κ2) is 5.61. The van der Waals surface area contributed by atoms with Gasteiger partial charge in [-0.3, -0.25) is 4.79 Å². The molecular formula is C11H19NO4. The van der Waals surface area contributed by atoms with E-state index in [9.17, 15) is 4.79 Å². The maximum atomic E-state index is 11.1. The Bertz CT molecular complexity index is 240. The highest BCUT2D eigenvalue weighted by Crippen LogP contribution is 2.26. The summed E-state index contributed by atoms with van der Waals surface area (Å²) in [7, 11) is 1.39. The molecule has 16 heavy (non-hydrogen) atoms. The highest BCUT2D eigenvalue weighted by molar-refractivity contribution is 5.69. The summed E-state index contributed by atoms with van der Waals surface area (Å²) in [5.74, 6) is 0.225. The van der Waals surface area contributed by atoms with Crippen LogP contribution in [-0.2, 0) is 19.0 Å². The topological polar surface area (TPSA) is 56.8 Å². The third kappa shape index (κ3) is 2.93. The fraction of sp³-hybridized carbons (Fsp3) is 0.909. The Morgan fingerprint density at radius 3 is 2.88 bits per heavy atom. The predicted octanol–water partition coefficient (Wildman–Crippen LogP) is 0.291. The molecule has 1 N–H and O–H groups in total. The van der Waals surface area contributed by atoms with Crippen molar-refractivity contribution in [1.82, 2.24) is 5.32 Å². The number of hydrogen-bond donors (Lipinski definition) is 1. The minimum absolute atomic E-state index is 0.128. The molecule has 2 fully saturated rings. The molecule has 92 valence electrons. The Balaban J connectivity index is 1.76. The third-order valence-electron chi connectivity index (χ3n) is 3.16. The fourth-order valence-electron chi connectivity index (χ4n) is 2.21. The summed E-state index contributed by atoms with van der Waals surface area (Å²) < 4.78 is 15.9. The average molecular weight is 229 g/mol. The number of hydrogen-bond acceptors (Lipinski definition) is 5. The second-order valence-corrected chi connectivity index (χ2v) is 4.33. The first-order valence-corrected chi connectivity index (χ1v) is 5.84. The van der Waals surface area contributed by atoms with Gasteiger partial charge in [0.1, 0.15) is 0 Å². The Labute approximate surface area is 95.4 Å². The molecule has 5 heteroatoms. The summed E-state index contributed by atoms with van der Waals surface area (Å²) in [4.78, 5) is 11.1. The van der Waals surface area contributed by atoms with Crippen LogP contribution in [0.4, 0.5) is 0 Å². The van der Waals surface area contributed by atoms with E-state index in [4.69, 9.17) is 9.47 Å². The van der Waals surface area contributed by atoms with Crippen LogP contribution in [0.5, 0.6) is 0 Å². The molecule has 2 heterocycles. The molecule has 2 atom stereocenters. The summed E-state index contributed by atoms with van der Waals surface area (Å²) in [5.41, 5.74) is 0. The lowest BCUT2D eigenvalue weighted by atomic mass is 9.98. The zero-order valence-corrected chi connectivity index (χ0v) is 9.61. The van der Waals surface area contributed by atoms with Gasteiger partial charge in [-0.15, -0.1) is 0 Å². The SMILES string of the molecule is COC(=O)CC1COC(C2CCNCC2)O1. The number of carbonyl (C=O) groups excluding carboxylic acids is 1. The molecule has 2 saturated heterocycles. The van der Waals surface area contributed by atoms with Crippen molar-refractivity contribution in [1.29, 1.82) is 0 Å². The van der Waals surface area contributed by atoms with Gasteiger partial charge in [-0.2, -0.15) is 0 Å². The summed E-state index contributed by atoms with van der Waals surface area (Å²) in [6.45, 7) is 2.55. The molecule has 0 aromatic carbocycles. The molecule has 2 aliphatic rings. The first-order valence-electron chi connectivity index (χ1n) is 5.84. The Hall–Kier alpha value is -0.650. The maximum Gasteiger partial charge on any atom is 0.308 e. The van der Waals surface area contributed by atoms with Crippen LogP contribution in [0.3, 0.4) is 0 Å². The summed E-state index contributed by atoms with van der Waals surface area (Å²) in [6, 6.07) is 0. The van der Waals surface area contributed by atoms with E-state index in [1.54, 1.807) is 0 Å². The lowest BCUT2D eigenvalue weighted by molar-refractivity contribution is -0.145. The van der Waals surface area contributed by atoms with Gasteiger partial charge in [0.15, 0.2) is 6.29 Å². The number of piperidine rings is 1. The van der Waals surface area contributed by atoms with Crippen molar-refractivity contribution in [3.05, 3.63) is 0 Å². The molecule has 0 saturated carbocycles. The lowest BCUT2D eigenvalue weighted by Crippen LogP contribution is -2.34. The standard InChI is InChI=1S/C11H19NO4/c1-14-10(13)6-9-7-15-11(16-9)8-2-4-12-5-3-8/h8-9,11-12H,2-7H2,1H3. The van der Waals surface area contributed by atoms with Crippen LogP contribution in [0.15, 0.2) is 0 Å². The van der Waals surface area contributed by atoms with Crippen LogP contribution < -0.4 is 5.32 Å². The zero-order valence-electron chi connectivity index (χ0n) is 9.61. The molecule has 2 aliphatic heterocycles. The predicted molar refractivity (Wildman–Crippen MR) is 56.8 cm³/mol. The van der Waals surface area contributed by atoms with Crippen molar-refractivity contribution in [2.24, 2.45) is 5.92 Å². The van der Waals surface area contributed by atoms with Crippen LogP contribution in [0.1, 0.15) is 19.3 Å². The molecule has 0 amide bonds. The largest absolute Gasteiger partial charge is 0.469 e. The van der Waals surface area contributed by atoms with Gasteiger partial charge in [-0.05, 0) is 25.9 Å². The van der Waals surface area contributed by atoms with Gasteiger partial charge in [0.25, 0.3) is 0 Å². The Morgan fingerprint density at radius 1 is 1.44 bits per heavy atom. The zero-order chi connectivity index (χ0) is 11.4. The van der Waals surface area contributed by atoms with E-state index in [-0.39, 0.29) is 24.8 Å². The van der Waals surface area contributed by atoms with E-state index in [0.29, 0.717) is 12.5 Å². The quantitative estimate of drug-likeness (QED) is 0.705. The third-order valence-corrected chi connectivity index (χ3v) is 3.16. The second-order valence-electron chi connectivity index (χ2n) is 4.33. The monoisotopic (exact) mass is 229 g/mol. The van der Waals surface area contributed by atoms with Gasteiger partial charge in [-0.25, -0.2) is 0 Å². The minimum Gasteiger partial charge on any atom is -0.469 e. The summed E-state index contributed by atoms with van der Waals surface area (Å²) >= 11 is 0. The van der Waals surface area contributed by atoms with E-state index >= 15 is 0 Å². The van der Waals surface area contributed by atoms with Gasteiger partial charge in [0.2, 0.25) is 0 Å². The van der Waals surface area contributed by atoms with E-state index in [0.717, 1.165) is 25.9 Å². The molecule has 0 bridgehead atoms.